The molecule has 0 saturated heterocycles. The van der Waals surface area contributed by atoms with Gasteiger partial charge in [-0.05, 0) is 24.3 Å². The minimum atomic E-state index is -0.332. The van der Waals surface area contributed by atoms with Crippen molar-refractivity contribution in [2.45, 2.75) is 0 Å². The van der Waals surface area contributed by atoms with Gasteiger partial charge in [-0.2, -0.15) is 0 Å². The highest BCUT2D eigenvalue weighted by Crippen LogP contribution is 2.26. The van der Waals surface area contributed by atoms with E-state index < -0.39 is 0 Å². The predicted molar refractivity (Wildman–Crippen MR) is 108 cm³/mol. The zero-order chi connectivity index (χ0) is 18.7. The Kier molecular flexibility index (Phi) is 5.57. The SMILES string of the molecule is CNC(=O)COc1cc2cc(Nc3ncncc3Cl)ccc2n(I)c1=O. The number of pyridine rings is 1. The third kappa shape index (κ3) is 3.88. The van der Waals surface area contributed by atoms with Crippen molar-refractivity contribution < 1.29 is 9.53 Å². The standard InChI is InChI=1S/C16H13ClIN5O3/c1-19-14(24)7-26-13-5-9-4-10(2-3-12(9)23(18)16(13)25)22-15-11(17)6-20-8-21-15/h2-6,8H,7H2,1H3,(H,19,24)(H,20,21,22). The Labute approximate surface area is 167 Å². The van der Waals surface area contributed by atoms with Crippen LogP contribution in [0.15, 0.2) is 41.6 Å². The van der Waals surface area contributed by atoms with Crippen molar-refractivity contribution in [1.29, 1.82) is 0 Å². The first-order chi connectivity index (χ1) is 12.5. The number of rotatable bonds is 5. The first kappa shape index (κ1) is 18.4. The Bertz CT molecular complexity index is 1040. The number of likely N-dealkylation sites (N-methyl/N-ethyl adjacent to an activating group) is 1. The molecule has 3 aromatic rings. The number of fused-ring (bicyclic) bond motifs is 1. The fraction of sp³-hybridized carbons (Fsp3) is 0.125. The third-order valence-electron chi connectivity index (χ3n) is 3.48. The average molecular weight is 486 g/mol. The van der Waals surface area contributed by atoms with Crippen molar-refractivity contribution >= 4 is 62.8 Å². The van der Waals surface area contributed by atoms with E-state index in [0.717, 1.165) is 11.1 Å². The van der Waals surface area contributed by atoms with Crippen LogP contribution < -0.4 is 20.9 Å². The van der Waals surface area contributed by atoms with Crippen LogP contribution in [0.4, 0.5) is 11.5 Å². The predicted octanol–water partition coefficient (Wildman–Crippen LogP) is 2.51. The topological polar surface area (TPSA) is 98.1 Å². The van der Waals surface area contributed by atoms with Crippen LogP contribution in [-0.4, -0.2) is 32.3 Å². The molecule has 0 spiro atoms. The molecule has 0 aliphatic heterocycles. The highest BCUT2D eigenvalue weighted by atomic mass is 127. The van der Waals surface area contributed by atoms with Gasteiger partial charge in [0.15, 0.2) is 18.2 Å². The maximum atomic E-state index is 12.4. The van der Waals surface area contributed by atoms with Gasteiger partial charge in [0, 0.05) is 18.1 Å². The minimum Gasteiger partial charge on any atom is -0.478 e. The van der Waals surface area contributed by atoms with Crippen molar-refractivity contribution in [3.63, 3.8) is 0 Å². The fourth-order valence-corrected chi connectivity index (χ4v) is 3.03. The van der Waals surface area contributed by atoms with Gasteiger partial charge in [0.25, 0.3) is 5.91 Å². The molecule has 0 unspecified atom stereocenters. The molecule has 0 radical (unpaired) electrons. The highest BCUT2D eigenvalue weighted by molar-refractivity contribution is 14.1. The van der Waals surface area contributed by atoms with E-state index in [0.29, 0.717) is 16.4 Å². The summed E-state index contributed by atoms with van der Waals surface area (Å²) in [7, 11) is 1.50. The Morgan fingerprint density at radius 2 is 2.19 bits per heavy atom. The summed E-state index contributed by atoms with van der Waals surface area (Å²) in [6.07, 6.45) is 2.88. The lowest BCUT2D eigenvalue weighted by atomic mass is 10.2. The Morgan fingerprint density at radius 1 is 1.38 bits per heavy atom. The molecule has 8 nitrogen and oxygen atoms in total. The Hall–Kier alpha value is -2.40. The quantitative estimate of drug-likeness (QED) is 0.539. The number of carbonyl (C=O) groups excluding carboxylic acids is 1. The summed E-state index contributed by atoms with van der Waals surface area (Å²) in [6, 6.07) is 7.03. The van der Waals surface area contributed by atoms with Gasteiger partial charge in [-0.15, -0.1) is 0 Å². The van der Waals surface area contributed by atoms with E-state index in [-0.39, 0.29) is 23.8 Å². The minimum absolute atomic E-state index is 0.0905. The van der Waals surface area contributed by atoms with Crippen molar-refractivity contribution in [1.82, 2.24) is 18.1 Å². The molecule has 2 N–H and O–H groups in total. The second kappa shape index (κ2) is 7.87. The number of hydrogen-bond donors (Lipinski definition) is 2. The van der Waals surface area contributed by atoms with Gasteiger partial charge in [-0.3, -0.25) is 9.59 Å². The van der Waals surface area contributed by atoms with Crippen LogP contribution in [0, 0.1) is 0 Å². The number of nitrogens with one attached hydrogen (secondary N) is 2. The van der Waals surface area contributed by atoms with Crippen molar-refractivity contribution in [2.24, 2.45) is 0 Å². The molecule has 1 aromatic carbocycles. The zero-order valence-corrected chi connectivity index (χ0v) is 16.4. The molecule has 2 heterocycles. The number of hydrogen-bond acceptors (Lipinski definition) is 6. The molecule has 26 heavy (non-hydrogen) atoms. The average Bonchev–Trinajstić information content (AvgIpc) is 2.65. The number of benzene rings is 1. The molecule has 0 fully saturated rings. The maximum Gasteiger partial charge on any atom is 0.302 e. The number of ether oxygens (including phenoxy) is 1. The number of carbonyl (C=O) groups is 1. The molecule has 0 saturated carbocycles. The lowest BCUT2D eigenvalue weighted by Gasteiger charge is -2.11. The summed E-state index contributed by atoms with van der Waals surface area (Å²) in [5, 5.41) is 6.68. The number of aromatic nitrogens is 3. The molecule has 0 aliphatic carbocycles. The lowest BCUT2D eigenvalue weighted by molar-refractivity contribution is -0.122. The second-order valence-corrected chi connectivity index (χ2v) is 6.55. The summed E-state index contributed by atoms with van der Waals surface area (Å²) in [5.74, 6) is 0.242. The van der Waals surface area contributed by atoms with Crippen LogP contribution in [0.25, 0.3) is 10.9 Å². The summed E-state index contributed by atoms with van der Waals surface area (Å²) in [4.78, 5) is 31.6. The van der Waals surface area contributed by atoms with E-state index in [4.69, 9.17) is 16.3 Å². The van der Waals surface area contributed by atoms with Crippen LogP contribution in [0.3, 0.4) is 0 Å². The van der Waals surface area contributed by atoms with Gasteiger partial charge in [0.1, 0.15) is 11.3 Å². The zero-order valence-electron chi connectivity index (χ0n) is 13.5. The lowest BCUT2D eigenvalue weighted by Crippen LogP contribution is -2.27. The van der Waals surface area contributed by atoms with E-state index in [9.17, 15) is 9.59 Å². The smallest absolute Gasteiger partial charge is 0.302 e. The number of halogens is 2. The van der Waals surface area contributed by atoms with Gasteiger partial charge >= 0.3 is 5.56 Å². The number of nitrogens with zero attached hydrogens (tertiary/aromatic N) is 3. The normalized spacial score (nSPS) is 10.6. The number of anilines is 2. The van der Waals surface area contributed by atoms with Crippen LogP contribution in [0.1, 0.15) is 0 Å². The molecule has 3 rings (SSSR count). The van der Waals surface area contributed by atoms with E-state index in [1.807, 2.05) is 28.9 Å². The monoisotopic (exact) mass is 485 g/mol. The van der Waals surface area contributed by atoms with Crippen LogP contribution in [-0.2, 0) is 4.79 Å². The summed E-state index contributed by atoms with van der Waals surface area (Å²) in [5.41, 5.74) is 1.11. The molecule has 10 heteroatoms. The van der Waals surface area contributed by atoms with Gasteiger partial charge in [0.2, 0.25) is 0 Å². The van der Waals surface area contributed by atoms with Gasteiger partial charge in [-0.1, -0.05) is 11.6 Å². The maximum absolute atomic E-state index is 12.4. The van der Waals surface area contributed by atoms with E-state index in [1.54, 1.807) is 18.2 Å². The van der Waals surface area contributed by atoms with Gasteiger partial charge < -0.3 is 15.4 Å². The van der Waals surface area contributed by atoms with Gasteiger partial charge in [-0.25, -0.2) is 12.7 Å². The van der Waals surface area contributed by atoms with E-state index in [1.165, 1.54) is 22.4 Å². The molecule has 0 bridgehead atoms. The van der Waals surface area contributed by atoms with Crippen LogP contribution >= 0.6 is 34.5 Å². The van der Waals surface area contributed by atoms with Crippen molar-refractivity contribution in [3.8, 4) is 5.75 Å². The summed E-state index contributed by atoms with van der Waals surface area (Å²) < 4.78 is 6.78. The molecule has 0 aliphatic rings. The number of amides is 1. The summed E-state index contributed by atoms with van der Waals surface area (Å²) >= 11 is 7.95. The summed E-state index contributed by atoms with van der Waals surface area (Å²) in [6.45, 7) is -0.234. The van der Waals surface area contributed by atoms with Crippen LogP contribution in [0.5, 0.6) is 5.75 Å². The molecular formula is C16H13ClIN5O3. The largest absolute Gasteiger partial charge is 0.478 e. The van der Waals surface area contributed by atoms with Crippen molar-refractivity contribution in [2.75, 3.05) is 19.0 Å². The molecule has 0 atom stereocenters. The Balaban J connectivity index is 1.97. The Morgan fingerprint density at radius 3 is 2.92 bits per heavy atom. The fourth-order valence-electron chi connectivity index (χ4n) is 2.20. The van der Waals surface area contributed by atoms with E-state index in [2.05, 4.69) is 20.6 Å². The highest BCUT2D eigenvalue weighted by Gasteiger charge is 2.11. The van der Waals surface area contributed by atoms with Gasteiger partial charge in [0.05, 0.1) is 34.6 Å². The molecule has 2 aromatic heterocycles. The van der Waals surface area contributed by atoms with Crippen molar-refractivity contribution in [3.05, 3.63) is 52.2 Å². The first-order valence-electron chi connectivity index (χ1n) is 7.41. The first-order valence-corrected chi connectivity index (χ1v) is 8.75. The molecular weight excluding hydrogens is 473 g/mol. The third-order valence-corrected chi connectivity index (χ3v) is 4.72. The molecule has 134 valence electrons. The van der Waals surface area contributed by atoms with Crippen LogP contribution in [0.2, 0.25) is 5.02 Å². The van der Waals surface area contributed by atoms with E-state index >= 15 is 0 Å². The molecule has 1 amide bonds. The second-order valence-electron chi connectivity index (χ2n) is 5.17.